The number of likely N-dealkylation sites (tertiary alicyclic amines) is 1. The van der Waals surface area contributed by atoms with Crippen LogP contribution in [0.4, 0.5) is 4.39 Å². The Bertz CT molecular complexity index is 610. The lowest BCUT2D eigenvalue weighted by molar-refractivity contribution is -0.131. The number of carboxylic acid groups (broad SMARTS) is 1. The Labute approximate surface area is 121 Å². The Morgan fingerprint density at radius 3 is 2.67 bits per heavy atom. The normalized spacial score (nSPS) is 22.0. The lowest BCUT2D eigenvalue weighted by Crippen LogP contribution is -2.33. The largest absolute Gasteiger partial charge is 0.478 e. The number of benzene rings is 1. The number of aliphatic hydroxyl groups is 1. The number of nitrogens with zero attached hydrogens (tertiary/aromatic N) is 1. The van der Waals surface area contributed by atoms with Gasteiger partial charge in [-0.25, -0.2) is 9.18 Å². The van der Waals surface area contributed by atoms with Crippen LogP contribution in [0.25, 0.3) is 6.08 Å². The minimum absolute atomic E-state index is 0.0994. The predicted molar refractivity (Wildman–Crippen MR) is 74.2 cm³/mol. The van der Waals surface area contributed by atoms with Crippen molar-refractivity contribution < 1.29 is 24.2 Å². The quantitative estimate of drug-likeness (QED) is 0.828. The molecule has 6 heteroatoms. The second kappa shape index (κ2) is 5.65. The van der Waals surface area contributed by atoms with Crippen LogP contribution in [-0.4, -0.2) is 45.7 Å². The maximum absolute atomic E-state index is 13.8. The SMILES string of the molecule is CC1(O)CCN(C(=O)c2ccc(/C=C/C(=O)O)c(F)c2)C1. The molecule has 21 heavy (non-hydrogen) atoms. The zero-order chi connectivity index (χ0) is 15.6. The maximum Gasteiger partial charge on any atom is 0.328 e. The van der Waals surface area contributed by atoms with Crippen LogP contribution in [0, 0.1) is 5.82 Å². The zero-order valence-corrected chi connectivity index (χ0v) is 11.5. The van der Waals surface area contributed by atoms with Crippen molar-refractivity contribution in [2.45, 2.75) is 18.9 Å². The highest BCUT2D eigenvalue weighted by atomic mass is 19.1. The molecule has 1 aliphatic rings. The van der Waals surface area contributed by atoms with E-state index in [1.165, 1.54) is 17.0 Å². The lowest BCUT2D eigenvalue weighted by Gasteiger charge is -2.19. The van der Waals surface area contributed by atoms with E-state index in [4.69, 9.17) is 5.11 Å². The van der Waals surface area contributed by atoms with Gasteiger partial charge in [-0.05, 0) is 31.6 Å². The monoisotopic (exact) mass is 293 g/mol. The van der Waals surface area contributed by atoms with E-state index in [-0.39, 0.29) is 23.6 Å². The highest BCUT2D eigenvalue weighted by Gasteiger charge is 2.34. The van der Waals surface area contributed by atoms with Crippen molar-refractivity contribution in [3.63, 3.8) is 0 Å². The molecule has 2 N–H and O–H groups in total. The molecule has 2 rings (SSSR count). The third kappa shape index (κ3) is 3.66. The van der Waals surface area contributed by atoms with Gasteiger partial charge >= 0.3 is 5.97 Å². The molecule has 1 fully saturated rings. The second-order valence-corrected chi connectivity index (χ2v) is 5.38. The average molecular weight is 293 g/mol. The third-order valence-corrected chi connectivity index (χ3v) is 3.39. The van der Waals surface area contributed by atoms with Gasteiger partial charge in [0.05, 0.1) is 5.60 Å². The average Bonchev–Trinajstić information content (AvgIpc) is 2.76. The molecule has 112 valence electrons. The number of hydrogen-bond acceptors (Lipinski definition) is 3. The summed E-state index contributed by atoms with van der Waals surface area (Å²) >= 11 is 0. The fourth-order valence-electron chi connectivity index (χ4n) is 2.26. The van der Waals surface area contributed by atoms with Crippen molar-refractivity contribution in [3.05, 3.63) is 41.2 Å². The first-order valence-corrected chi connectivity index (χ1v) is 6.51. The number of hydrogen-bond donors (Lipinski definition) is 2. The molecule has 1 aromatic rings. The molecule has 0 bridgehead atoms. The lowest BCUT2D eigenvalue weighted by atomic mass is 10.1. The minimum Gasteiger partial charge on any atom is -0.478 e. The topological polar surface area (TPSA) is 77.8 Å². The summed E-state index contributed by atoms with van der Waals surface area (Å²) in [7, 11) is 0. The van der Waals surface area contributed by atoms with Crippen LogP contribution in [0.2, 0.25) is 0 Å². The van der Waals surface area contributed by atoms with Crippen LogP contribution < -0.4 is 0 Å². The molecule has 1 amide bonds. The van der Waals surface area contributed by atoms with Crippen molar-refractivity contribution in [1.29, 1.82) is 0 Å². The highest BCUT2D eigenvalue weighted by Crippen LogP contribution is 2.23. The van der Waals surface area contributed by atoms with Crippen LogP contribution in [0.15, 0.2) is 24.3 Å². The van der Waals surface area contributed by atoms with Gasteiger partial charge in [-0.1, -0.05) is 6.07 Å². The van der Waals surface area contributed by atoms with E-state index in [0.29, 0.717) is 13.0 Å². The number of amides is 1. The number of carboxylic acids is 1. The molecule has 0 aromatic heterocycles. The molecule has 1 unspecified atom stereocenters. The van der Waals surface area contributed by atoms with Gasteiger partial charge in [0, 0.05) is 30.3 Å². The smallest absolute Gasteiger partial charge is 0.328 e. The summed E-state index contributed by atoms with van der Waals surface area (Å²) < 4.78 is 13.8. The molecule has 1 aromatic carbocycles. The number of carbonyl (C=O) groups is 2. The molecule has 0 radical (unpaired) electrons. The molecule has 1 saturated heterocycles. The molecule has 0 spiro atoms. The van der Waals surface area contributed by atoms with Gasteiger partial charge in [-0.3, -0.25) is 4.79 Å². The first-order valence-electron chi connectivity index (χ1n) is 6.51. The van der Waals surface area contributed by atoms with Gasteiger partial charge in [0.25, 0.3) is 5.91 Å². The highest BCUT2D eigenvalue weighted by molar-refractivity contribution is 5.95. The standard InChI is InChI=1S/C15H16FNO4/c1-15(21)6-7-17(9-15)14(20)11-3-2-10(12(16)8-11)4-5-13(18)19/h2-5,8,21H,6-7,9H2,1H3,(H,18,19)/b5-4+. The van der Waals surface area contributed by atoms with Gasteiger partial charge in [0.15, 0.2) is 0 Å². The van der Waals surface area contributed by atoms with Crippen LogP contribution in [-0.2, 0) is 4.79 Å². The molecule has 0 aliphatic carbocycles. The van der Waals surface area contributed by atoms with Crippen molar-refractivity contribution in [2.24, 2.45) is 0 Å². The van der Waals surface area contributed by atoms with Gasteiger partial charge in [-0.15, -0.1) is 0 Å². The molecular formula is C15H16FNO4. The number of rotatable bonds is 3. The van der Waals surface area contributed by atoms with Crippen LogP contribution in [0.5, 0.6) is 0 Å². The van der Waals surface area contributed by atoms with E-state index < -0.39 is 17.4 Å². The van der Waals surface area contributed by atoms with E-state index in [0.717, 1.165) is 18.2 Å². The molecule has 0 saturated carbocycles. The molecule has 5 nitrogen and oxygen atoms in total. The summed E-state index contributed by atoms with van der Waals surface area (Å²) in [6, 6.07) is 3.88. The van der Waals surface area contributed by atoms with Crippen LogP contribution in [0.3, 0.4) is 0 Å². The first-order chi connectivity index (χ1) is 9.78. The van der Waals surface area contributed by atoms with Gasteiger partial charge in [-0.2, -0.15) is 0 Å². The zero-order valence-electron chi connectivity index (χ0n) is 11.5. The van der Waals surface area contributed by atoms with E-state index in [1.54, 1.807) is 6.92 Å². The van der Waals surface area contributed by atoms with Crippen LogP contribution in [0.1, 0.15) is 29.3 Å². The number of carbonyl (C=O) groups excluding carboxylic acids is 1. The first kappa shape index (κ1) is 15.2. The summed E-state index contributed by atoms with van der Waals surface area (Å²) in [5.74, 6) is -2.18. The Morgan fingerprint density at radius 1 is 1.43 bits per heavy atom. The number of β-amino-alcohol motifs (C(OH)–C–C–N with tert-alkyl or cyclic N) is 1. The second-order valence-electron chi connectivity index (χ2n) is 5.38. The molecule has 1 aliphatic heterocycles. The fourth-order valence-corrected chi connectivity index (χ4v) is 2.26. The maximum atomic E-state index is 13.8. The predicted octanol–water partition coefficient (Wildman–Crippen LogP) is 1.52. The Hall–Kier alpha value is -2.21. The number of halogens is 1. The van der Waals surface area contributed by atoms with Crippen molar-refractivity contribution in [1.82, 2.24) is 4.90 Å². The summed E-state index contributed by atoms with van der Waals surface area (Å²) in [6.45, 7) is 2.29. The Balaban J connectivity index is 2.17. The Morgan fingerprint density at radius 2 is 2.14 bits per heavy atom. The van der Waals surface area contributed by atoms with Gasteiger partial charge < -0.3 is 15.1 Å². The van der Waals surface area contributed by atoms with E-state index in [2.05, 4.69) is 0 Å². The summed E-state index contributed by atoms with van der Waals surface area (Å²) in [4.78, 5) is 24.1. The third-order valence-electron chi connectivity index (χ3n) is 3.39. The Kier molecular flexibility index (Phi) is 4.09. The van der Waals surface area contributed by atoms with E-state index >= 15 is 0 Å². The molecule has 1 heterocycles. The summed E-state index contributed by atoms with van der Waals surface area (Å²) in [5.41, 5.74) is -0.627. The molecule has 1 atom stereocenters. The van der Waals surface area contributed by atoms with Crippen molar-refractivity contribution in [2.75, 3.05) is 13.1 Å². The van der Waals surface area contributed by atoms with Crippen LogP contribution >= 0.6 is 0 Å². The van der Waals surface area contributed by atoms with Gasteiger partial charge in [0.1, 0.15) is 5.82 Å². The summed E-state index contributed by atoms with van der Waals surface area (Å²) in [6.07, 6.45) is 2.45. The minimum atomic E-state index is -1.17. The fraction of sp³-hybridized carbons (Fsp3) is 0.333. The number of aliphatic carboxylic acids is 1. The summed E-state index contributed by atoms with van der Waals surface area (Å²) in [5, 5.41) is 18.4. The van der Waals surface area contributed by atoms with E-state index in [9.17, 15) is 19.1 Å². The van der Waals surface area contributed by atoms with Gasteiger partial charge in [0.2, 0.25) is 0 Å². The van der Waals surface area contributed by atoms with Crippen molar-refractivity contribution in [3.8, 4) is 0 Å². The van der Waals surface area contributed by atoms with Crippen molar-refractivity contribution >= 4 is 18.0 Å². The van der Waals surface area contributed by atoms with E-state index in [1.807, 2.05) is 0 Å². The molecular weight excluding hydrogens is 277 g/mol.